The largest absolute Gasteiger partial charge is 0.494 e. The molecule has 2 aromatic rings. The Labute approximate surface area is 170 Å². The van der Waals surface area contributed by atoms with Gasteiger partial charge in [0.05, 0.1) is 22.8 Å². The molecule has 0 atom stereocenters. The van der Waals surface area contributed by atoms with Crippen LogP contribution in [0.3, 0.4) is 0 Å². The number of thioether (sulfide) groups is 1. The lowest BCUT2D eigenvalue weighted by Gasteiger charge is -2.16. The lowest BCUT2D eigenvalue weighted by molar-refractivity contribution is -0.119. The van der Waals surface area contributed by atoms with Crippen LogP contribution < -0.4 is 9.64 Å². The summed E-state index contributed by atoms with van der Waals surface area (Å²) in [4.78, 5) is 28.3. The molecule has 5 heteroatoms. The molecule has 1 heterocycles. The zero-order valence-corrected chi connectivity index (χ0v) is 17.7. The Morgan fingerprint density at radius 2 is 1.64 bits per heavy atom. The van der Waals surface area contributed by atoms with Crippen LogP contribution in [0.4, 0.5) is 5.69 Å². The summed E-state index contributed by atoms with van der Waals surface area (Å²) in [5, 5.41) is 0.188. The molecule has 0 saturated heterocycles. The summed E-state index contributed by atoms with van der Waals surface area (Å²) in [6.07, 6.45) is 0. The Bertz CT molecular complexity index is 945. The molecule has 146 valence electrons. The summed E-state index contributed by atoms with van der Waals surface area (Å²) >= 11 is 1.44. The van der Waals surface area contributed by atoms with Gasteiger partial charge in [0, 0.05) is 5.25 Å². The van der Waals surface area contributed by atoms with E-state index in [1.54, 1.807) is 24.3 Å². The van der Waals surface area contributed by atoms with Gasteiger partial charge in [-0.1, -0.05) is 32.0 Å². The van der Waals surface area contributed by atoms with Crippen LogP contribution in [0, 0.1) is 13.8 Å². The molecule has 2 aromatic carbocycles. The molecule has 4 nitrogen and oxygen atoms in total. The van der Waals surface area contributed by atoms with E-state index in [9.17, 15) is 9.59 Å². The first-order chi connectivity index (χ1) is 13.3. The predicted molar refractivity (Wildman–Crippen MR) is 116 cm³/mol. The number of nitrogens with zero attached hydrogens (tertiary/aromatic N) is 1. The zero-order valence-electron chi connectivity index (χ0n) is 16.9. The number of amides is 2. The van der Waals surface area contributed by atoms with Gasteiger partial charge in [0.25, 0.3) is 11.8 Å². The van der Waals surface area contributed by atoms with E-state index in [0.29, 0.717) is 28.5 Å². The predicted octanol–water partition coefficient (Wildman–Crippen LogP) is 5.13. The van der Waals surface area contributed by atoms with E-state index < -0.39 is 0 Å². The smallest absolute Gasteiger partial charge is 0.272 e. The molecule has 28 heavy (non-hydrogen) atoms. The number of ether oxygens (including phenoxy) is 1. The molecule has 0 radical (unpaired) electrons. The zero-order chi connectivity index (χ0) is 20.4. The standard InChI is InChI=1S/C23H25NO3S/c1-6-27-19-11-9-18(10-12-19)24-22(25)20(21(23(24)26)28-14(2)3)17-8-7-15(4)16(5)13-17/h7-14H,6H2,1-5H3. The number of rotatable bonds is 6. The molecule has 1 aliphatic heterocycles. The van der Waals surface area contributed by atoms with E-state index in [4.69, 9.17) is 4.74 Å². The van der Waals surface area contributed by atoms with Gasteiger partial charge in [-0.3, -0.25) is 9.59 Å². The van der Waals surface area contributed by atoms with Crippen molar-refractivity contribution in [1.29, 1.82) is 0 Å². The second-order valence-electron chi connectivity index (χ2n) is 7.04. The van der Waals surface area contributed by atoms with Crippen LogP contribution in [0.1, 0.15) is 37.5 Å². The molecule has 0 aromatic heterocycles. The van der Waals surface area contributed by atoms with E-state index in [1.165, 1.54) is 16.7 Å². The fourth-order valence-electron chi connectivity index (χ4n) is 3.10. The van der Waals surface area contributed by atoms with Gasteiger partial charge < -0.3 is 4.74 Å². The third-order valence-corrected chi connectivity index (χ3v) is 5.68. The first-order valence-corrected chi connectivity index (χ1v) is 10.3. The number of anilines is 1. The van der Waals surface area contributed by atoms with Crippen molar-refractivity contribution in [3.63, 3.8) is 0 Å². The third-order valence-electron chi connectivity index (χ3n) is 4.60. The number of benzene rings is 2. The SMILES string of the molecule is CCOc1ccc(N2C(=O)C(SC(C)C)=C(c3ccc(C)c(C)c3)C2=O)cc1. The van der Waals surface area contributed by atoms with Crippen molar-refractivity contribution in [3.8, 4) is 5.75 Å². The number of aryl methyl sites for hydroxylation is 2. The van der Waals surface area contributed by atoms with Crippen LogP contribution in [0.5, 0.6) is 5.75 Å². The average Bonchev–Trinajstić information content (AvgIpc) is 2.88. The van der Waals surface area contributed by atoms with E-state index in [-0.39, 0.29) is 17.1 Å². The fourth-order valence-corrected chi connectivity index (χ4v) is 4.09. The number of hydrogen-bond acceptors (Lipinski definition) is 4. The molecule has 2 amide bonds. The molecule has 0 unspecified atom stereocenters. The normalized spacial score (nSPS) is 14.4. The Morgan fingerprint density at radius 3 is 2.21 bits per heavy atom. The van der Waals surface area contributed by atoms with Crippen molar-refractivity contribution >= 4 is 34.8 Å². The summed E-state index contributed by atoms with van der Waals surface area (Å²) in [7, 11) is 0. The molecule has 1 aliphatic rings. The molecule has 0 aliphatic carbocycles. The van der Waals surface area contributed by atoms with Gasteiger partial charge in [-0.15, -0.1) is 11.8 Å². The highest BCUT2D eigenvalue weighted by Crippen LogP contribution is 2.40. The number of imide groups is 1. The van der Waals surface area contributed by atoms with Crippen LogP contribution in [-0.4, -0.2) is 23.7 Å². The monoisotopic (exact) mass is 395 g/mol. The van der Waals surface area contributed by atoms with E-state index in [2.05, 4.69) is 0 Å². The molecular formula is C23H25NO3S. The fraction of sp³-hybridized carbons (Fsp3) is 0.304. The Balaban J connectivity index is 2.05. The van der Waals surface area contributed by atoms with Gasteiger partial charge in [0.1, 0.15) is 5.75 Å². The molecule has 0 N–H and O–H groups in total. The topological polar surface area (TPSA) is 46.6 Å². The lowest BCUT2D eigenvalue weighted by Crippen LogP contribution is -2.31. The minimum Gasteiger partial charge on any atom is -0.494 e. The first kappa shape index (κ1) is 20.2. The molecule has 3 rings (SSSR count). The highest BCUT2D eigenvalue weighted by molar-refractivity contribution is 8.04. The van der Waals surface area contributed by atoms with Crippen molar-refractivity contribution in [3.05, 3.63) is 64.1 Å². The summed E-state index contributed by atoms with van der Waals surface area (Å²) in [5.74, 6) is 0.172. The number of carbonyl (C=O) groups excluding carboxylic acids is 2. The van der Waals surface area contributed by atoms with Crippen molar-refractivity contribution in [2.75, 3.05) is 11.5 Å². The van der Waals surface area contributed by atoms with Crippen LogP contribution in [0.15, 0.2) is 47.4 Å². The lowest BCUT2D eigenvalue weighted by atomic mass is 10.0. The van der Waals surface area contributed by atoms with Crippen molar-refractivity contribution < 1.29 is 14.3 Å². The summed E-state index contributed by atoms with van der Waals surface area (Å²) in [5.41, 5.74) is 4.08. The summed E-state index contributed by atoms with van der Waals surface area (Å²) in [6.45, 7) is 10.6. The molecular weight excluding hydrogens is 370 g/mol. The third kappa shape index (κ3) is 3.85. The number of carbonyl (C=O) groups is 2. The van der Waals surface area contributed by atoms with Gasteiger partial charge in [-0.05, 0) is 61.7 Å². The van der Waals surface area contributed by atoms with Crippen LogP contribution >= 0.6 is 11.8 Å². The maximum Gasteiger partial charge on any atom is 0.272 e. The summed E-state index contributed by atoms with van der Waals surface area (Å²) < 4.78 is 5.46. The van der Waals surface area contributed by atoms with Crippen molar-refractivity contribution in [1.82, 2.24) is 0 Å². The maximum absolute atomic E-state index is 13.3. The van der Waals surface area contributed by atoms with Gasteiger partial charge >= 0.3 is 0 Å². The van der Waals surface area contributed by atoms with E-state index in [1.807, 2.05) is 52.8 Å². The molecule has 0 bridgehead atoms. The van der Waals surface area contributed by atoms with Crippen LogP contribution in [-0.2, 0) is 9.59 Å². The van der Waals surface area contributed by atoms with Gasteiger partial charge in [-0.25, -0.2) is 4.90 Å². The average molecular weight is 396 g/mol. The van der Waals surface area contributed by atoms with Gasteiger partial charge in [0.15, 0.2) is 0 Å². The minimum absolute atomic E-state index is 0.188. The Hall–Kier alpha value is -2.53. The molecule has 0 saturated carbocycles. The van der Waals surface area contributed by atoms with Crippen LogP contribution in [0.2, 0.25) is 0 Å². The molecule has 0 fully saturated rings. The highest BCUT2D eigenvalue weighted by atomic mass is 32.2. The second kappa shape index (κ2) is 8.23. The van der Waals surface area contributed by atoms with Crippen molar-refractivity contribution in [2.45, 2.75) is 39.9 Å². The van der Waals surface area contributed by atoms with E-state index in [0.717, 1.165) is 16.7 Å². The van der Waals surface area contributed by atoms with Gasteiger partial charge in [0.2, 0.25) is 0 Å². The second-order valence-corrected chi connectivity index (χ2v) is 8.63. The highest BCUT2D eigenvalue weighted by Gasteiger charge is 2.40. The van der Waals surface area contributed by atoms with Crippen molar-refractivity contribution in [2.24, 2.45) is 0 Å². The summed E-state index contributed by atoms with van der Waals surface area (Å²) in [6, 6.07) is 13.0. The van der Waals surface area contributed by atoms with E-state index >= 15 is 0 Å². The number of hydrogen-bond donors (Lipinski definition) is 0. The first-order valence-electron chi connectivity index (χ1n) is 9.43. The minimum atomic E-state index is -0.277. The maximum atomic E-state index is 13.3. The molecule has 0 spiro atoms. The quantitative estimate of drug-likeness (QED) is 0.636. The Morgan fingerprint density at radius 1 is 0.964 bits per heavy atom. The Kier molecular flexibility index (Phi) is 5.94. The van der Waals surface area contributed by atoms with Gasteiger partial charge in [-0.2, -0.15) is 0 Å². The van der Waals surface area contributed by atoms with Crippen LogP contribution in [0.25, 0.3) is 5.57 Å².